The van der Waals surface area contributed by atoms with E-state index >= 15 is 0 Å². The van der Waals surface area contributed by atoms with E-state index in [-0.39, 0.29) is 17.9 Å². The summed E-state index contributed by atoms with van der Waals surface area (Å²) in [6, 6.07) is 11.9. The Bertz CT molecular complexity index is 1270. The predicted molar refractivity (Wildman–Crippen MR) is 137 cm³/mol. The standard InChI is InChI=1S/C28H33FN4O3/c1-18-9-10-23(15-19(18)2)33-25(20-11-13-32(14-12-20)27(35)36-28(3,4)5)24(17-30-33)26(34)31-22-8-6-7-21(29)16-22/h6-10,15-17,20H,11-14H2,1-5H3,(H,31,34). The first-order valence-electron chi connectivity index (χ1n) is 12.2. The second-order valence-electron chi connectivity index (χ2n) is 10.3. The highest BCUT2D eigenvalue weighted by molar-refractivity contribution is 6.05. The van der Waals surface area contributed by atoms with Crippen molar-refractivity contribution in [3.8, 4) is 5.69 Å². The Morgan fingerprint density at radius 3 is 2.42 bits per heavy atom. The van der Waals surface area contributed by atoms with Crippen molar-refractivity contribution in [3.63, 3.8) is 0 Å². The molecule has 0 atom stereocenters. The lowest BCUT2D eigenvalue weighted by Crippen LogP contribution is -2.41. The van der Waals surface area contributed by atoms with Crippen LogP contribution in [-0.4, -0.2) is 45.4 Å². The largest absolute Gasteiger partial charge is 0.444 e. The van der Waals surface area contributed by atoms with Gasteiger partial charge in [0.15, 0.2) is 0 Å². The van der Waals surface area contributed by atoms with Crippen molar-refractivity contribution in [2.24, 2.45) is 0 Å². The van der Waals surface area contributed by atoms with E-state index in [1.54, 1.807) is 23.2 Å². The van der Waals surface area contributed by atoms with E-state index in [1.165, 1.54) is 17.7 Å². The molecule has 0 unspecified atom stereocenters. The third kappa shape index (κ3) is 5.75. The van der Waals surface area contributed by atoms with Gasteiger partial charge < -0.3 is 15.0 Å². The lowest BCUT2D eigenvalue weighted by molar-refractivity contribution is 0.0203. The molecule has 1 aromatic heterocycles. The first-order chi connectivity index (χ1) is 17.0. The Kier molecular flexibility index (Phi) is 7.15. The van der Waals surface area contributed by atoms with Crippen molar-refractivity contribution in [2.75, 3.05) is 18.4 Å². The van der Waals surface area contributed by atoms with Gasteiger partial charge in [-0.25, -0.2) is 13.9 Å². The summed E-state index contributed by atoms with van der Waals surface area (Å²) in [6.45, 7) is 10.7. The number of hydrogen-bond donors (Lipinski definition) is 1. The number of nitrogens with zero attached hydrogens (tertiary/aromatic N) is 3. The molecule has 2 aromatic carbocycles. The predicted octanol–water partition coefficient (Wildman–Crippen LogP) is 6.00. The summed E-state index contributed by atoms with van der Waals surface area (Å²) in [6.07, 6.45) is 2.57. The Morgan fingerprint density at radius 1 is 1.06 bits per heavy atom. The lowest BCUT2D eigenvalue weighted by Gasteiger charge is -2.34. The smallest absolute Gasteiger partial charge is 0.410 e. The number of rotatable bonds is 4. The Hall–Kier alpha value is -3.68. The first-order valence-corrected chi connectivity index (χ1v) is 12.2. The first kappa shape index (κ1) is 25.4. The van der Waals surface area contributed by atoms with Gasteiger partial charge in [0, 0.05) is 24.7 Å². The molecule has 1 fully saturated rings. The van der Waals surface area contributed by atoms with E-state index in [9.17, 15) is 14.0 Å². The molecular weight excluding hydrogens is 459 g/mol. The zero-order valence-corrected chi connectivity index (χ0v) is 21.5. The van der Waals surface area contributed by atoms with Crippen LogP contribution in [0.25, 0.3) is 5.69 Å². The van der Waals surface area contributed by atoms with Gasteiger partial charge in [0.25, 0.3) is 5.91 Å². The van der Waals surface area contributed by atoms with Gasteiger partial charge in [-0.05, 0) is 88.9 Å². The maximum absolute atomic E-state index is 13.7. The van der Waals surface area contributed by atoms with Crippen LogP contribution in [0.5, 0.6) is 0 Å². The molecule has 8 heteroatoms. The molecule has 0 radical (unpaired) electrons. The number of aryl methyl sites for hydroxylation is 2. The molecular formula is C28H33FN4O3. The second-order valence-corrected chi connectivity index (χ2v) is 10.3. The van der Waals surface area contributed by atoms with Crippen LogP contribution in [0.2, 0.25) is 0 Å². The van der Waals surface area contributed by atoms with E-state index in [0.717, 1.165) is 16.9 Å². The molecule has 3 aromatic rings. The minimum Gasteiger partial charge on any atom is -0.444 e. The minimum atomic E-state index is -0.558. The fraction of sp³-hybridized carbons (Fsp3) is 0.393. The van der Waals surface area contributed by atoms with Crippen molar-refractivity contribution in [2.45, 2.75) is 59.0 Å². The molecule has 4 rings (SSSR count). The molecule has 1 aliphatic heterocycles. The van der Waals surface area contributed by atoms with Crippen LogP contribution in [0.15, 0.2) is 48.7 Å². The van der Waals surface area contributed by atoms with Gasteiger partial charge in [0.2, 0.25) is 0 Å². The monoisotopic (exact) mass is 492 g/mol. The third-order valence-electron chi connectivity index (χ3n) is 6.40. The number of hydrogen-bond acceptors (Lipinski definition) is 4. The van der Waals surface area contributed by atoms with Crippen LogP contribution < -0.4 is 5.32 Å². The number of aromatic nitrogens is 2. The fourth-order valence-electron chi connectivity index (χ4n) is 4.42. The summed E-state index contributed by atoms with van der Waals surface area (Å²) in [5, 5.41) is 7.39. The number of carbonyl (C=O) groups is 2. The van der Waals surface area contributed by atoms with Crippen LogP contribution in [0.4, 0.5) is 14.9 Å². The molecule has 0 saturated carbocycles. The van der Waals surface area contributed by atoms with Crippen molar-refractivity contribution in [1.29, 1.82) is 0 Å². The number of piperidine rings is 1. The second kappa shape index (κ2) is 10.1. The number of anilines is 1. The molecule has 190 valence electrons. The van der Waals surface area contributed by atoms with Gasteiger partial charge >= 0.3 is 6.09 Å². The maximum Gasteiger partial charge on any atom is 0.410 e. The summed E-state index contributed by atoms with van der Waals surface area (Å²) >= 11 is 0. The summed E-state index contributed by atoms with van der Waals surface area (Å²) in [5.74, 6) is -0.769. The van der Waals surface area contributed by atoms with Gasteiger partial charge in [-0.15, -0.1) is 0 Å². The number of benzene rings is 2. The van der Waals surface area contributed by atoms with Crippen molar-refractivity contribution in [1.82, 2.24) is 14.7 Å². The van der Waals surface area contributed by atoms with Crippen molar-refractivity contribution in [3.05, 3.63) is 76.9 Å². The topological polar surface area (TPSA) is 76.5 Å². The zero-order chi connectivity index (χ0) is 26.0. The zero-order valence-electron chi connectivity index (χ0n) is 21.5. The van der Waals surface area contributed by atoms with E-state index in [1.807, 2.05) is 51.4 Å². The molecule has 0 spiro atoms. The third-order valence-corrected chi connectivity index (χ3v) is 6.40. The lowest BCUT2D eigenvalue weighted by atomic mass is 9.90. The highest BCUT2D eigenvalue weighted by Crippen LogP contribution is 2.33. The normalized spacial score (nSPS) is 14.6. The van der Waals surface area contributed by atoms with Crippen molar-refractivity contribution >= 4 is 17.7 Å². The van der Waals surface area contributed by atoms with Gasteiger partial charge in [0.05, 0.1) is 23.1 Å². The quantitative estimate of drug-likeness (QED) is 0.485. The molecule has 1 saturated heterocycles. The number of likely N-dealkylation sites (tertiary alicyclic amines) is 1. The van der Waals surface area contributed by atoms with E-state index in [4.69, 9.17) is 4.74 Å². The highest BCUT2D eigenvalue weighted by Gasteiger charge is 2.32. The average Bonchev–Trinajstić information content (AvgIpc) is 3.25. The molecule has 36 heavy (non-hydrogen) atoms. The minimum absolute atomic E-state index is 0.000977. The average molecular weight is 493 g/mol. The number of amides is 2. The van der Waals surface area contributed by atoms with Crippen LogP contribution >= 0.6 is 0 Å². The fourth-order valence-corrected chi connectivity index (χ4v) is 4.42. The Morgan fingerprint density at radius 2 is 1.78 bits per heavy atom. The van der Waals surface area contributed by atoms with Gasteiger partial charge in [-0.1, -0.05) is 12.1 Å². The molecule has 1 N–H and O–H groups in total. The van der Waals surface area contributed by atoms with E-state index in [2.05, 4.69) is 16.5 Å². The van der Waals surface area contributed by atoms with E-state index < -0.39 is 11.4 Å². The summed E-state index contributed by atoms with van der Waals surface area (Å²) < 4.78 is 21.0. The SMILES string of the molecule is Cc1ccc(-n2ncc(C(=O)Nc3cccc(F)c3)c2C2CCN(C(=O)OC(C)(C)C)CC2)cc1C. The molecule has 7 nitrogen and oxygen atoms in total. The van der Waals surface area contributed by atoms with E-state index in [0.29, 0.717) is 37.2 Å². The Balaban J connectivity index is 1.64. The van der Waals surface area contributed by atoms with Gasteiger partial charge in [-0.2, -0.15) is 5.10 Å². The summed E-state index contributed by atoms with van der Waals surface area (Å²) in [7, 11) is 0. The number of carbonyl (C=O) groups excluding carboxylic acids is 2. The molecule has 0 aliphatic carbocycles. The summed E-state index contributed by atoms with van der Waals surface area (Å²) in [4.78, 5) is 27.6. The Labute approximate surface area is 211 Å². The number of nitrogens with one attached hydrogen (secondary N) is 1. The molecule has 2 amide bonds. The van der Waals surface area contributed by atoms with Gasteiger partial charge in [-0.3, -0.25) is 4.79 Å². The molecule has 0 bridgehead atoms. The molecule has 1 aliphatic rings. The summed E-state index contributed by atoms with van der Waals surface area (Å²) in [5.41, 5.74) is 4.21. The maximum atomic E-state index is 13.7. The van der Waals surface area contributed by atoms with Gasteiger partial charge in [0.1, 0.15) is 11.4 Å². The van der Waals surface area contributed by atoms with Crippen LogP contribution in [0, 0.1) is 19.7 Å². The van der Waals surface area contributed by atoms with Crippen molar-refractivity contribution < 1.29 is 18.7 Å². The molecule has 2 heterocycles. The van der Waals surface area contributed by atoms with Crippen LogP contribution in [0.1, 0.15) is 66.7 Å². The number of halogens is 1. The number of ether oxygens (including phenoxy) is 1. The van der Waals surface area contributed by atoms with Crippen LogP contribution in [-0.2, 0) is 4.74 Å². The van der Waals surface area contributed by atoms with Crippen LogP contribution in [0.3, 0.4) is 0 Å². The highest BCUT2D eigenvalue weighted by atomic mass is 19.1.